The number of hydrogen-bond donors (Lipinski definition) is 1. The zero-order valence-corrected chi connectivity index (χ0v) is 10.0. The maximum Gasteiger partial charge on any atom is 0.272 e. The predicted octanol–water partition coefficient (Wildman–Crippen LogP) is 0.119. The van der Waals surface area contributed by atoms with Crippen LogP contribution in [0.3, 0.4) is 0 Å². The quantitative estimate of drug-likeness (QED) is 0.818. The van der Waals surface area contributed by atoms with Gasteiger partial charge in [-0.3, -0.25) is 14.6 Å². The average Bonchev–Trinajstić information content (AvgIpc) is 2.86. The van der Waals surface area contributed by atoms with E-state index in [0.29, 0.717) is 18.1 Å². The summed E-state index contributed by atoms with van der Waals surface area (Å²) < 4.78 is 1.54. The van der Waals surface area contributed by atoms with Crippen LogP contribution in [-0.2, 0) is 13.6 Å². The third-order valence-electron chi connectivity index (χ3n) is 2.41. The number of rotatable bonds is 3. The Kier molecular flexibility index (Phi) is 2.90. The summed E-state index contributed by atoms with van der Waals surface area (Å²) in [4.78, 5) is 17.7. The van der Waals surface area contributed by atoms with Gasteiger partial charge in [0.2, 0.25) is 0 Å². The third kappa shape index (κ3) is 2.32. The molecular formula is C10H14N6O. The molecule has 2 heterocycles. The standard InChI is InChI=1S/C10H14N6O/c1-7-12-9(14-13-7)6-15(2)10(17)8-4-5-11-16(8)3/h4-5H,6H2,1-3H3,(H,12,13,14). The van der Waals surface area contributed by atoms with Gasteiger partial charge in [0.15, 0.2) is 5.82 Å². The largest absolute Gasteiger partial charge is 0.333 e. The van der Waals surface area contributed by atoms with Gasteiger partial charge < -0.3 is 4.90 Å². The monoisotopic (exact) mass is 234 g/mol. The van der Waals surface area contributed by atoms with Crippen LogP contribution in [0.2, 0.25) is 0 Å². The molecule has 2 aromatic heterocycles. The molecule has 90 valence electrons. The van der Waals surface area contributed by atoms with E-state index in [9.17, 15) is 4.79 Å². The molecule has 0 bridgehead atoms. The van der Waals surface area contributed by atoms with Gasteiger partial charge >= 0.3 is 0 Å². The van der Waals surface area contributed by atoms with Crippen LogP contribution >= 0.6 is 0 Å². The Morgan fingerprint density at radius 2 is 2.35 bits per heavy atom. The van der Waals surface area contributed by atoms with Crippen LogP contribution in [-0.4, -0.2) is 42.8 Å². The molecule has 0 aliphatic carbocycles. The molecule has 1 N–H and O–H groups in total. The molecule has 0 unspecified atom stereocenters. The zero-order valence-electron chi connectivity index (χ0n) is 10.0. The lowest BCUT2D eigenvalue weighted by Gasteiger charge is -2.14. The number of nitrogens with one attached hydrogen (secondary N) is 1. The minimum atomic E-state index is -0.104. The molecule has 0 spiro atoms. The lowest BCUT2D eigenvalue weighted by atomic mass is 10.3. The molecule has 1 amide bonds. The van der Waals surface area contributed by atoms with Crippen molar-refractivity contribution in [1.29, 1.82) is 0 Å². The number of carbonyl (C=O) groups is 1. The zero-order chi connectivity index (χ0) is 12.4. The fraction of sp³-hybridized carbons (Fsp3) is 0.400. The normalized spacial score (nSPS) is 10.5. The Hall–Kier alpha value is -2.18. The van der Waals surface area contributed by atoms with Gasteiger partial charge in [-0.1, -0.05) is 0 Å². The van der Waals surface area contributed by atoms with Crippen molar-refractivity contribution in [2.75, 3.05) is 7.05 Å². The van der Waals surface area contributed by atoms with Gasteiger partial charge in [0, 0.05) is 20.3 Å². The van der Waals surface area contributed by atoms with Crippen molar-refractivity contribution in [3.8, 4) is 0 Å². The molecule has 0 fully saturated rings. The van der Waals surface area contributed by atoms with E-state index in [2.05, 4.69) is 20.3 Å². The summed E-state index contributed by atoms with van der Waals surface area (Å²) in [6, 6.07) is 1.68. The summed E-state index contributed by atoms with van der Waals surface area (Å²) in [5.74, 6) is 1.23. The lowest BCUT2D eigenvalue weighted by molar-refractivity contribution is 0.0770. The molecule has 0 saturated carbocycles. The average molecular weight is 234 g/mol. The number of aromatic nitrogens is 5. The van der Waals surface area contributed by atoms with Crippen molar-refractivity contribution in [3.63, 3.8) is 0 Å². The summed E-state index contributed by atoms with van der Waals surface area (Å²) in [7, 11) is 3.44. The van der Waals surface area contributed by atoms with E-state index in [1.165, 1.54) is 0 Å². The third-order valence-corrected chi connectivity index (χ3v) is 2.41. The highest BCUT2D eigenvalue weighted by molar-refractivity contribution is 5.92. The van der Waals surface area contributed by atoms with Gasteiger partial charge in [0.05, 0.1) is 6.54 Å². The molecule has 0 radical (unpaired) electrons. The first-order chi connectivity index (χ1) is 8.08. The van der Waals surface area contributed by atoms with Gasteiger partial charge in [-0.25, -0.2) is 4.98 Å². The Balaban J connectivity index is 2.08. The molecular weight excluding hydrogens is 220 g/mol. The van der Waals surface area contributed by atoms with E-state index < -0.39 is 0 Å². The van der Waals surface area contributed by atoms with Crippen molar-refractivity contribution in [1.82, 2.24) is 29.9 Å². The van der Waals surface area contributed by atoms with Crippen molar-refractivity contribution in [2.24, 2.45) is 7.05 Å². The van der Waals surface area contributed by atoms with E-state index >= 15 is 0 Å². The molecule has 0 aromatic carbocycles. The van der Waals surface area contributed by atoms with E-state index in [-0.39, 0.29) is 5.91 Å². The lowest BCUT2D eigenvalue weighted by Crippen LogP contribution is -2.28. The number of nitrogens with zero attached hydrogens (tertiary/aromatic N) is 5. The maximum absolute atomic E-state index is 12.0. The summed E-state index contributed by atoms with van der Waals surface area (Å²) >= 11 is 0. The Morgan fingerprint density at radius 1 is 1.59 bits per heavy atom. The minimum absolute atomic E-state index is 0.104. The SMILES string of the molecule is Cc1nc(CN(C)C(=O)c2ccnn2C)n[nH]1. The second kappa shape index (κ2) is 4.36. The smallest absolute Gasteiger partial charge is 0.272 e. The first-order valence-electron chi connectivity index (χ1n) is 5.19. The number of H-pyrrole nitrogens is 1. The van der Waals surface area contributed by atoms with Gasteiger partial charge in [0.1, 0.15) is 11.5 Å². The molecule has 0 saturated heterocycles. The van der Waals surface area contributed by atoms with Crippen molar-refractivity contribution < 1.29 is 4.79 Å². The van der Waals surface area contributed by atoms with Crippen LogP contribution < -0.4 is 0 Å². The minimum Gasteiger partial charge on any atom is -0.333 e. The number of aryl methyl sites for hydroxylation is 2. The summed E-state index contributed by atoms with van der Waals surface area (Å²) in [6.07, 6.45) is 1.60. The molecule has 0 aliphatic heterocycles. The van der Waals surface area contributed by atoms with Crippen LogP contribution in [0.1, 0.15) is 22.1 Å². The van der Waals surface area contributed by atoms with E-state index in [1.807, 2.05) is 6.92 Å². The summed E-state index contributed by atoms with van der Waals surface area (Å²) in [5, 5.41) is 10.7. The first kappa shape index (κ1) is 11.3. The molecule has 0 aliphatic rings. The Morgan fingerprint density at radius 3 is 2.88 bits per heavy atom. The van der Waals surface area contributed by atoms with E-state index in [1.54, 1.807) is 35.9 Å². The molecule has 2 rings (SSSR count). The second-order valence-corrected chi connectivity index (χ2v) is 3.84. The van der Waals surface area contributed by atoms with Crippen LogP contribution in [0.4, 0.5) is 0 Å². The van der Waals surface area contributed by atoms with Crippen LogP contribution in [0.5, 0.6) is 0 Å². The molecule has 7 heteroatoms. The summed E-state index contributed by atoms with van der Waals surface area (Å²) in [5.41, 5.74) is 0.541. The number of aromatic amines is 1. The Bertz CT molecular complexity index is 528. The van der Waals surface area contributed by atoms with Crippen molar-refractivity contribution in [2.45, 2.75) is 13.5 Å². The number of amides is 1. The summed E-state index contributed by atoms with van der Waals surface area (Å²) in [6.45, 7) is 2.19. The maximum atomic E-state index is 12.0. The first-order valence-corrected chi connectivity index (χ1v) is 5.19. The van der Waals surface area contributed by atoms with Gasteiger partial charge in [-0.05, 0) is 13.0 Å². The van der Waals surface area contributed by atoms with Crippen molar-refractivity contribution in [3.05, 3.63) is 29.6 Å². The van der Waals surface area contributed by atoms with Gasteiger partial charge in [-0.15, -0.1) is 0 Å². The highest BCUT2D eigenvalue weighted by atomic mass is 16.2. The van der Waals surface area contributed by atoms with Crippen molar-refractivity contribution >= 4 is 5.91 Å². The fourth-order valence-electron chi connectivity index (χ4n) is 1.52. The molecule has 7 nitrogen and oxygen atoms in total. The second-order valence-electron chi connectivity index (χ2n) is 3.84. The van der Waals surface area contributed by atoms with E-state index in [0.717, 1.165) is 5.82 Å². The van der Waals surface area contributed by atoms with Gasteiger partial charge in [-0.2, -0.15) is 10.2 Å². The van der Waals surface area contributed by atoms with E-state index in [4.69, 9.17) is 0 Å². The number of hydrogen-bond acceptors (Lipinski definition) is 4. The molecule has 0 atom stereocenters. The molecule has 17 heavy (non-hydrogen) atoms. The van der Waals surface area contributed by atoms with Gasteiger partial charge in [0.25, 0.3) is 5.91 Å². The fourth-order valence-corrected chi connectivity index (χ4v) is 1.52. The van der Waals surface area contributed by atoms with Crippen LogP contribution in [0.15, 0.2) is 12.3 Å². The number of carbonyl (C=O) groups excluding carboxylic acids is 1. The van der Waals surface area contributed by atoms with Crippen LogP contribution in [0, 0.1) is 6.92 Å². The predicted molar refractivity (Wildman–Crippen MR) is 60.1 cm³/mol. The highest BCUT2D eigenvalue weighted by Crippen LogP contribution is 2.04. The highest BCUT2D eigenvalue weighted by Gasteiger charge is 2.16. The van der Waals surface area contributed by atoms with Crippen LogP contribution in [0.25, 0.3) is 0 Å². The topological polar surface area (TPSA) is 79.7 Å². The Labute approximate surface area is 98.5 Å². The molecule has 2 aromatic rings.